The van der Waals surface area contributed by atoms with Gasteiger partial charge in [0.25, 0.3) is 5.69 Å². The average molecular weight is 230 g/mol. The molecule has 1 aromatic heterocycles. The van der Waals surface area contributed by atoms with Crippen molar-refractivity contribution < 1.29 is 10.0 Å². The number of aromatic nitrogens is 1. The van der Waals surface area contributed by atoms with Crippen LogP contribution in [0.1, 0.15) is 5.56 Å². The van der Waals surface area contributed by atoms with Crippen molar-refractivity contribution in [1.82, 2.24) is 4.98 Å². The first-order chi connectivity index (χ1) is 8.20. The van der Waals surface area contributed by atoms with Crippen LogP contribution in [0.3, 0.4) is 0 Å². The first-order valence-corrected chi connectivity index (χ1v) is 5.01. The minimum Gasteiger partial charge on any atom is -0.392 e. The van der Waals surface area contributed by atoms with Crippen LogP contribution in [0.25, 0.3) is 11.3 Å². The highest BCUT2D eigenvalue weighted by molar-refractivity contribution is 5.60. The number of aliphatic hydroxyl groups excluding tert-OH is 1. The monoisotopic (exact) mass is 230 g/mol. The molecule has 86 valence electrons. The lowest BCUT2D eigenvalue weighted by atomic mass is 10.1. The topological polar surface area (TPSA) is 76.3 Å². The second-order valence-corrected chi connectivity index (χ2v) is 3.51. The second kappa shape index (κ2) is 4.71. The molecule has 1 heterocycles. The Hall–Kier alpha value is -2.27. The third-order valence-electron chi connectivity index (χ3n) is 2.39. The Morgan fingerprint density at radius 2 is 1.88 bits per heavy atom. The van der Waals surface area contributed by atoms with Crippen LogP contribution in [-0.4, -0.2) is 15.0 Å². The summed E-state index contributed by atoms with van der Waals surface area (Å²) >= 11 is 0. The molecule has 0 spiro atoms. The molecule has 0 fully saturated rings. The summed E-state index contributed by atoms with van der Waals surface area (Å²) < 4.78 is 0. The fraction of sp³-hybridized carbons (Fsp3) is 0.0833. The smallest absolute Gasteiger partial charge is 0.287 e. The predicted molar refractivity (Wildman–Crippen MR) is 62.3 cm³/mol. The molecule has 0 amide bonds. The molecule has 0 atom stereocenters. The maximum Gasteiger partial charge on any atom is 0.287 e. The van der Waals surface area contributed by atoms with Gasteiger partial charge in [-0.2, -0.15) is 0 Å². The quantitative estimate of drug-likeness (QED) is 0.647. The molecular weight excluding hydrogens is 220 g/mol. The summed E-state index contributed by atoms with van der Waals surface area (Å²) in [6.07, 6.45) is 1.23. The highest BCUT2D eigenvalue weighted by Gasteiger charge is 2.06. The van der Waals surface area contributed by atoms with Crippen molar-refractivity contribution in [3.8, 4) is 11.3 Å². The van der Waals surface area contributed by atoms with Gasteiger partial charge >= 0.3 is 0 Å². The van der Waals surface area contributed by atoms with Crippen molar-refractivity contribution >= 4 is 5.69 Å². The molecule has 2 aromatic rings. The van der Waals surface area contributed by atoms with Crippen molar-refractivity contribution in [3.63, 3.8) is 0 Å². The molecule has 1 aromatic carbocycles. The summed E-state index contributed by atoms with van der Waals surface area (Å²) in [5.74, 6) is 0. The highest BCUT2D eigenvalue weighted by Crippen LogP contribution is 2.19. The van der Waals surface area contributed by atoms with E-state index in [1.807, 2.05) is 12.1 Å². The fourth-order valence-electron chi connectivity index (χ4n) is 1.45. The van der Waals surface area contributed by atoms with E-state index in [1.165, 1.54) is 12.3 Å². The Labute approximate surface area is 97.5 Å². The van der Waals surface area contributed by atoms with E-state index in [0.29, 0.717) is 5.69 Å². The van der Waals surface area contributed by atoms with Gasteiger partial charge in [0.2, 0.25) is 0 Å². The lowest BCUT2D eigenvalue weighted by Crippen LogP contribution is -1.90. The van der Waals surface area contributed by atoms with Crippen molar-refractivity contribution in [2.75, 3.05) is 0 Å². The SMILES string of the molecule is O=[N+]([O-])c1ccc(-c2ccc(CO)cc2)nc1. The maximum atomic E-state index is 10.5. The zero-order chi connectivity index (χ0) is 12.3. The molecular formula is C12H10N2O3. The van der Waals surface area contributed by atoms with E-state index >= 15 is 0 Å². The highest BCUT2D eigenvalue weighted by atomic mass is 16.6. The van der Waals surface area contributed by atoms with E-state index in [9.17, 15) is 10.1 Å². The number of nitro groups is 1. The van der Waals surface area contributed by atoms with Crippen molar-refractivity contribution in [3.05, 3.63) is 58.3 Å². The molecule has 0 aliphatic rings. The number of pyridine rings is 1. The van der Waals surface area contributed by atoms with Crippen LogP contribution in [0.4, 0.5) is 5.69 Å². The molecule has 0 bridgehead atoms. The minimum absolute atomic E-state index is 0.00598. The maximum absolute atomic E-state index is 10.5. The van der Waals surface area contributed by atoms with E-state index in [0.717, 1.165) is 11.1 Å². The average Bonchev–Trinajstić information content (AvgIpc) is 2.39. The van der Waals surface area contributed by atoms with E-state index in [4.69, 9.17) is 5.11 Å². The van der Waals surface area contributed by atoms with Crippen LogP contribution in [0.15, 0.2) is 42.6 Å². The number of nitrogens with zero attached hydrogens (tertiary/aromatic N) is 2. The van der Waals surface area contributed by atoms with E-state index < -0.39 is 4.92 Å². The minimum atomic E-state index is -0.481. The summed E-state index contributed by atoms with van der Waals surface area (Å²) in [4.78, 5) is 14.0. The van der Waals surface area contributed by atoms with Gasteiger partial charge in [-0.3, -0.25) is 10.1 Å². The van der Waals surface area contributed by atoms with Crippen molar-refractivity contribution in [1.29, 1.82) is 0 Å². The number of benzene rings is 1. The van der Waals surface area contributed by atoms with Gasteiger partial charge in [0.05, 0.1) is 17.2 Å². The van der Waals surface area contributed by atoms with E-state index in [2.05, 4.69) is 4.98 Å². The Morgan fingerprint density at radius 3 is 2.35 bits per heavy atom. The second-order valence-electron chi connectivity index (χ2n) is 3.51. The Balaban J connectivity index is 2.29. The van der Waals surface area contributed by atoms with E-state index in [-0.39, 0.29) is 12.3 Å². The molecule has 0 aliphatic carbocycles. The van der Waals surface area contributed by atoms with Crippen molar-refractivity contribution in [2.24, 2.45) is 0 Å². The molecule has 0 saturated heterocycles. The molecule has 17 heavy (non-hydrogen) atoms. The van der Waals surface area contributed by atoms with E-state index in [1.54, 1.807) is 18.2 Å². The van der Waals surface area contributed by atoms with Gasteiger partial charge in [-0.25, -0.2) is 4.98 Å². The Morgan fingerprint density at radius 1 is 1.18 bits per heavy atom. The number of hydrogen-bond acceptors (Lipinski definition) is 4. The van der Waals surface area contributed by atoms with Crippen LogP contribution in [0.5, 0.6) is 0 Å². The molecule has 1 N–H and O–H groups in total. The standard InChI is InChI=1S/C12H10N2O3/c15-8-9-1-3-10(4-2-9)12-6-5-11(7-13-12)14(16)17/h1-7,15H,8H2. The van der Waals surface area contributed by atoms with Gasteiger partial charge in [-0.15, -0.1) is 0 Å². The molecule has 2 rings (SSSR count). The number of aliphatic hydroxyl groups is 1. The number of rotatable bonds is 3. The molecule has 0 radical (unpaired) electrons. The van der Waals surface area contributed by atoms with Gasteiger partial charge in [-0.05, 0) is 11.6 Å². The molecule has 0 saturated carbocycles. The third kappa shape index (κ3) is 2.46. The Bertz CT molecular complexity index is 520. The zero-order valence-corrected chi connectivity index (χ0v) is 8.91. The van der Waals surface area contributed by atoms with Crippen LogP contribution < -0.4 is 0 Å². The van der Waals surface area contributed by atoms with Crippen molar-refractivity contribution in [2.45, 2.75) is 6.61 Å². The first-order valence-electron chi connectivity index (χ1n) is 5.01. The molecule has 0 unspecified atom stereocenters. The summed E-state index contributed by atoms with van der Waals surface area (Å²) in [6.45, 7) is -0.00598. The van der Waals surface area contributed by atoms with Gasteiger partial charge in [0, 0.05) is 11.6 Å². The summed E-state index contributed by atoms with van der Waals surface area (Å²) in [5, 5.41) is 19.4. The van der Waals surface area contributed by atoms with Gasteiger partial charge in [0.1, 0.15) is 6.20 Å². The number of hydrogen-bond donors (Lipinski definition) is 1. The van der Waals surface area contributed by atoms with Gasteiger partial charge in [-0.1, -0.05) is 24.3 Å². The zero-order valence-electron chi connectivity index (χ0n) is 8.91. The lowest BCUT2D eigenvalue weighted by molar-refractivity contribution is -0.385. The summed E-state index contributed by atoms with van der Waals surface area (Å²) in [7, 11) is 0. The fourth-order valence-corrected chi connectivity index (χ4v) is 1.45. The van der Waals surface area contributed by atoms with Gasteiger partial charge < -0.3 is 5.11 Å². The molecule has 5 heteroatoms. The van der Waals surface area contributed by atoms with Crippen LogP contribution in [-0.2, 0) is 6.61 Å². The third-order valence-corrected chi connectivity index (χ3v) is 2.39. The lowest BCUT2D eigenvalue weighted by Gasteiger charge is -2.01. The predicted octanol–water partition coefficient (Wildman–Crippen LogP) is 2.15. The molecule has 5 nitrogen and oxygen atoms in total. The van der Waals surface area contributed by atoms with Crippen LogP contribution >= 0.6 is 0 Å². The Kier molecular flexibility index (Phi) is 3.11. The first kappa shape index (κ1) is 11.2. The van der Waals surface area contributed by atoms with Crippen LogP contribution in [0.2, 0.25) is 0 Å². The normalized spacial score (nSPS) is 10.2. The summed E-state index contributed by atoms with van der Waals surface area (Å²) in [6, 6.07) is 10.2. The van der Waals surface area contributed by atoms with Crippen LogP contribution in [0, 0.1) is 10.1 Å². The van der Waals surface area contributed by atoms with Gasteiger partial charge in [0.15, 0.2) is 0 Å². The molecule has 0 aliphatic heterocycles. The summed E-state index contributed by atoms with van der Waals surface area (Å²) in [5.41, 5.74) is 2.31. The largest absolute Gasteiger partial charge is 0.392 e.